The first-order chi connectivity index (χ1) is 11.3. The van der Waals surface area contributed by atoms with Gasteiger partial charge in [-0.25, -0.2) is 13.4 Å². The Morgan fingerprint density at radius 3 is 2.20 bits per heavy atom. The number of sulfone groups is 1. The smallest absolute Gasteiger partial charge is 0.339 e. The molecule has 1 aromatic carbocycles. The standard InChI is InChI=1S/C14H8F6N2O2S/c1-25(23,24)11-8(14(18,19)20)2-3-9-10(11)7-4-6(13(15,16)17)5-21-12(7)22-9/h2-5H,1H3,(H,21,22). The van der Waals surface area contributed by atoms with Crippen molar-refractivity contribution in [1.82, 2.24) is 9.97 Å². The molecule has 2 heterocycles. The molecule has 0 aliphatic heterocycles. The van der Waals surface area contributed by atoms with Gasteiger partial charge in [0.05, 0.1) is 16.0 Å². The predicted molar refractivity (Wildman–Crippen MR) is 76.7 cm³/mol. The molecule has 2 aromatic heterocycles. The molecular weight excluding hydrogens is 374 g/mol. The van der Waals surface area contributed by atoms with Crippen LogP contribution in [-0.2, 0) is 22.2 Å². The van der Waals surface area contributed by atoms with E-state index >= 15 is 0 Å². The largest absolute Gasteiger partial charge is 0.417 e. The summed E-state index contributed by atoms with van der Waals surface area (Å²) in [7, 11) is -4.40. The fourth-order valence-corrected chi connectivity index (χ4v) is 3.77. The van der Waals surface area contributed by atoms with Gasteiger partial charge in [0, 0.05) is 28.7 Å². The van der Waals surface area contributed by atoms with E-state index in [4.69, 9.17) is 0 Å². The van der Waals surface area contributed by atoms with Gasteiger partial charge < -0.3 is 4.98 Å². The minimum absolute atomic E-state index is 0.0600. The van der Waals surface area contributed by atoms with Crippen molar-refractivity contribution in [1.29, 1.82) is 0 Å². The molecule has 134 valence electrons. The number of hydrogen-bond acceptors (Lipinski definition) is 3. The molecule has 11 heteroatoms. The number of nitrogens with one attached hydrogen (secondary N) is 1. The number of aromatic amines is 1. The Kier molecular flexibility index (Phi) is 3.57. The summed E-state index contributed by atoms with van der Waals surface area (Å²) in [4.78, 5) is 5.01. The Bertz CT molecular complexity index is 1100. The lowest BCUT2D eigenvalue weighted by atomic mass is 10.1. The van der Waals surface area contributed by atoms with Crippen LogP contribution in [0.3, 0.4) is 0 Å². The van der Waals surface area contributed by atoms with E-state index in [9.17, 15) is 34.8 Å². The van der Waals surface area contributed by atoms with Gasteiger partial charge in [0.2, 0.25) is 0 Å². The molecule has 25 heavy (non-hydrogen) atoms. The van der Waals surface area contributed by atoms with Crippen LogP contribution in [0.5, 0.6) is 0 Å². The van der Waals surface area contributed by atoms with Crippen molar-refractivity contribution in [2.75, 3.05) is 6.26 Å². The topological polar surface area (TPSA) is 62.8 Å². The van der Waals surface area contributed by atoms with Gasteiger partial charge in [-0.05, 0) is 18.2 Å². The first-order valence-electron chi connectivity index (χ1n) is 6.59. The molecule has 0 aliphatic carbocycles. The Balaban J connectivity index is 2.55. The van der Waals surface area contributed by atoms with E-state index < -0.39 is 43.6 Å². The summed E-state index contributed by atoms with van der Waals surface area (Å²) in [6.45, 7) is 0. The third-order valence-electron chi connectivity index (χ3n) is 3.57. The van der Waals surface area contributed by atoms with Crippen molar-refractivity contribution in [2.45, 2.75) is 17.2 Å². The van der Waals surface area contributed by atoms with Crippen molar-refractivity contribution in [3.05, 3.63) is 35.5 Å². The summed E-state index contributed by atoms with van der Waals surface area (Å²) in [5.41, 5.74) is -2.85. The molecule has 0 bridgehead atoms. The number of hydrogen-bond donors (Lipinski definition) is 1. The van der Waals surface area contributed by atoms with E-state index in [0.29, 0.717) is 24.6 Å². The summed E-state index contributed by atoms with van der Waals surface area (Å²) in [6, 6.07) is 2.11. The van der Waals surface area contributed by atoms with Crippen molar-refractivity contribution in [3.8, 4) is 0 Å². The first-order valence-corrected chi connectivity index (χ1v) is 8.48. The highest BCUT2D eigenvalue weighted by atomic mass is 32.2. The monoisotopic (exact) mass is 382 g/mol. The highest BCUT2D eigenvalue weighted by Crippen LogP contribution is 2.41. The Morgan fingerprint density at radius 1 is 1.04 bits per heavy atom. The second-order valence-corrected chi connectivity index (χ2v) is 7.33. The van der Waals surface area contributed by atoms with E-state index in [1.807, 2.05) is 0 Å². The Labute approximate surface area is 136 Å². The van der Waals surface area contributed by atoms with Gasteiger partial charge in [-0.3, -0.25) is 0 Å². The zero-order valence-corrected chi connectivity index (χ0v) is 13.1. The van der Waals surface area contributed by atoms with Crippen LogP contribution in [-0.4, -0.2) is 24.6 Å². The number of alkyl halides is 6. The number of halogens is 6. The van der Waals surface area contributed by atoms with E-state index in [-0.39, 0.29) is 16.6 Å². The second kappa shape index (κ2) is 5.10. The molecule has 0 spiro atoms. The summed E-state index contributed by atoms with van der Waals surface area (Å²) in [5, 5.41) is -0.817. The Morgan fingerprint density at radius 2 is 1.68 bits per heavy atom. The summed E-state index contributed by atoms with van der Waals surface area (Å²) >= 11 is 0. The van der Waals surface area contributed by atoms with Gasteiger partial charge in [0.25, 0.3) is 0 Å². The average molecular weight is 382 g/mol. The SMILES string of the molecule is CS(=O)(=O)c1c(C(F)(F)F)ccc2[nH]c3ncc(C(F)(F)F)cc3c12. The molecular formula is C14H8F6N2O2S. The van der Waals surface area contributed by atoms with E-state index in [2.05, 4.69) is 9.97 Å². The highest BCUT2D eigenvalue weighted by molar-refractivity contribution is 7.91. The minimum atomic E-state index is -4.99. The van der Waals surface area contributed by atoms with Gasteiger partial charge in [-0.2, -0.15) is 26.3 Å². The normalized spacial score (nSPS) is 13.7. The lowest BCUT2D eigenvalue weighted by Gasteiger charge is -2.13. The fraction of sp³-hybridized carbons (Fsp3) is 0.214. The van der Waals surface area contributed by atoms with E-state index in [1.54, 1.807) is 0 Å². The predicted octanol–water partition coefficient (Wildman–Crippen LogP) is 4.16. The molecule has 0 fully saturated rings. The summed E-state index contributed by atoms with van der Waals surface area (Å²) in [5.74, 6) is 0. The number of nitrogens with zero attached hydrogens (tertiary/aromatic N) is 1. The lowest BCUT2D eigenvalue weighted by molar-refractivity contribution is -0.140. The second-order valence-electron chi connectivity index (χ2n) is 5.38. The van der Waals surface area contributed by atoms with Crippen LogP contribution in [0.15, 0.2) is 29.3 Å². The molecule has 0 saturated heterocycles. The van der Waals surface area contributed by atoms with Crippen LogP contribution < -0.4 is 0 Å². The fourth-order valence-electron chi connectivity index (χ4n) is 2.60. The van der Waals surface area contributed by atoms with Crippen LogP contribution in [0.25, 0.3) is 21.9 Å². The van der Waals surface area contributed by atoms with E-state index in [0.717, 1.165) is 6.07 Å². The zero-order valence-electron chi connectivity index (χ0n) is 12.2. The number of H-pyrrole nitrogens is 1. The molecule has 1 N–H and O–H groups in total. The van der Waals surface area contributed by atoms with Crippen molar-refractivity contribution in [2.24, 2.45) is 0 Å². The van der Waals surface area contributed by atoms with Crippen molar-refractivity contribution < 1.29 is 34.8 Å². The highest BCUT2D eigenvalue weighted by Gasteiger charge is 2.38. The summed E-state index contributed by atoms with van der Waals surface area (Å²) < 4.78 is 102. The number of rotatable bonds is 1. The molecule has 0 saturated carbocycles. The molecule has 0 unspecified atom stereocenters. The lowest BCUT2D eigenvalue weighted by Crippen LogP contribution is -2.12. The minimum Gasteiger partial charge on any atom is -0.339 e. The van der Waals surface area contributed by atoms with Crippen LogP contribution in [0.2, 0.25) is 0 Å². The molecule has 3 aromatic rings. The maximum Gasteiger partial charge on any atom is 0.417 e. The number of aromatic nitrogens is 2. The quantitative estimate of drug-likeness (QED) is 0.643. The van der Waals surface area contributed by atoms with Crippen LogP contribution in [0.4, 0.5) is 26.3 Å². The molecule has 0 radical (unpaired) electrons. The first kappa shape index (κ1) is 17.5. The van der Waals surface area contributed by atoms with E-state index in [1.165, 1.54) is 0 Å². The maximum absolute atomic E-state index is 13.2. The maximum atomic E-state index is 13.2. The van der Waals surface area contributed by atoms with Gasteiger partial charge >= 0.3 is 12.4 Å². The third-order valence-corrected chi connectivity index (χ3v) is 4.74. The van der Waals surface area contributed by atoms with Gasteiger partial charge in [-0.15, -0.1) is 0 Å². The van der Waals surface area contributed by atoms with Crippen molar-refractivity contribution in [3.63, 3.8) is 0 Å². The van der Waals surface area contributed by atoms with Crippen LogP contribution >= 0.6 is 0 Å². The number of benzene rings is 1. The van der Waals surface area contributed by atoms with Gasteiger partial charge in [0.1, 0.15) is 5.65 Å². The third kappa shape index (κ3) is 2.92. The van der Waals surface area contributed by atoms with Gasteiger partial charge in [-0.1, -0.05) is 0 Å². The van der Waals surface area contributed by atoms with Crippen LogP contribution in [0.1, 0.15) is 11.1 Å². The molecule has 0 atom stereocenters. The van der Waals surface area contributed by atoms with Crippen molar-refractivity contribution >= 4 is 31.8 Å². The average Bonchev–Trinajstić information content (AvgIpc) is 2.80. The van der Waals surface area contributed by atoms with Gasteiger partial charge in [0.15, 0.2) is 9.84 Å². The summed E-state index contributed by atoms with van der Waals surface area (Å²) in [6.07, 6.45) is -8.69. The van der Waals surface area contributed by atoms with Crippen LogP contribution in [0, 0.1) is 0 Å². The zero-order chi connectivity index (χ0) is 18.8. The Hall–Kier alpha value is -2.30. The molecule has 0 aliphatic rings. The molecule has 3 rings (SSSR count). The number of fused-ring (bicyclic) bond motifs is 3. The molecule has 0 amide bonds. The molecule has 4 nitrogen and oxygen atoms in total. The number of pyridine rings is 1.